The highest BCUT2D eigenvalue weighted by Gasteiger charge is 2.19. The Balaban J connectivity index is 1.69. The van der Waals surface area contributed by atoms with Gasteiger partial charge in [0.1, 0.15) is 0 Å². The van der Waals surface area contributed by atoms with Crippen LogP contribution in [0.5, 0.6) is 0 Å². The van der Waals surface area contributed by atoms with Crippen molar-refractivity contribution < 1.29 is 0 Å². The molecule has 2 aromatic rings. The summed E-state index contributed by atoms with van der Waals surface area (Å²) in [5.41, 5.74) is 2.84. The zero-order valence-corrected chi connectivity index (χ0v) is 14.5. The quantitative estimate of drug-likeness (QED) is 0.833. The number of rotatable bonds is 3. The molecule has 0 amide bonds. The van der Waals surface area contributed by atoms with Gasteiger partial charge in [0.2, 0.25) is 0 Å². The molecule has 3 rings (SSSR count). The minimum atomic E-state index is -0.268. The maximum absolute atomic E-state index is 12.0. The normalized spacial score (nSPS) is 15.7. The van der Waals surface area contributed by atoms with Crippen molar-refractivity contribution in [3.05, 3.63) is 62.4 Å². The molecule has 1 aromatic heterocycles. The molecule has 1 aromatic carbocycles. The van der Waals surface area contributed by atoms with Gasteiger partial charge in [-0.2, -0.15) is 0 Å². The van der Waals surface area contributed by atoms with Gasteiger partial charge in [0.25, 0.3) is 5.56 Å². The molecule has 0 bridgehead atoms. The summed E-state index contributed by atoms with van der Waals surface area (Å²) in [6.45, 7) is 6.49. The summed E-state index contributed by atoms with van der Waals surface area (Å²) >= 11 is 0. The van der Waals surface area contributed by atoms with Crippen molar-refractivity contribution in [2.24, 2.45) is 14.1 Å². The summed E-state index contributed by atoms with van der Waals surface area (Å²) in [7, 11) is 3.23. The Kier molecular flexibility index (Phi) is 4.57. The minimum absolute atomic E-state index is 0.244. The Morgan fingerprint density at radius 3 is 2.29 bits per heavy atom. The molecular formula is C18H24N4O2. The first-order valence-corrected chi connectivity index (χ1v) is 8.26. The third kappa shape index (κ3) is 3.14. The predicted octanol–water partition coefficient (Wildman–Crippen LogP) is 0.715. The van der Waals surface area contributed by atoms with E-state index >= 15 is 0 Å². The number of nitrogens with zero attached hydrogens (tertiary/aromatic N) is 4. The van der Waals surface area contributed by atoms with E-state index in [1.807, 2.05) is 0 Å². The van der Waals surface area contributed by atoms with Gasteiger partial charge in [0.15, 0.2) is 0 Å². The van der Waals surface area contributed by atoms with Crippen molar-refractivity contribution in [2.75, 3.05) is 31.1 Å². The molecule has 0 radical (unpaired) electrons. The highest BCUT2D eigenvalue weighted by molar-refractivity contribution is 5.53. The Morgan fingerprint density at radius 2 is 1.62 bits per heavy atom. The van der Waals surface area contributed by atoms with Gasteiger partial charge in [0.05, 0.1) is 0 Å². The fraction of sp³-hybridized carbons (Fsp3) is 0.444. The van der Waals surface area contributed by atoms with Crippen LogP contribution in [0.2, 0.25) is 0 Å². The molecule has 6 nitrogen and oxygen atoms in total. The third-order valence-corrected chi connectivity index (χ3v) is 4.84. The molecule has 0 aliphatic carbocycles. The predicted molar refractivity (Wildman–Crippen MR) is 95.6 cm³/mol. The zero-order valence-electron chi connectivity index (χ0n) is 14.5. The monoisotopic (exact) mass is 328 g/mol. The van der Waals surface area contributed by atoms with Gasteiger partial charge in [-0.1, -0.05) is 18.2 Å². The average molecular weight is 328 g/mol. The second-order valence-electron chi connectivity index (χ2n) is 6.42. The molecule has 0 atom stereocenters. The van der Waals surface area contributed by atoms with Crippen molar-refractivity contribution in [1.29, 1.82) is 0 Å². The van der Waals surface area contributed by atoms with Crippen LogP contribution in [0.3, 0.4) is 0 Å². The SMILES string of the molecule is Cc1ccccc1N1CCN(Cc2cc(=O)n(C)c(=O)n2C)CC1. The largest absolute Gasteiger partial charge is 0.369 e. The molecule has 1 aliphatic heterocycles. The smallest absolute Gasteiger partial charge is 0.330 e. The maximum Gasteiger partial charge on any atom is 0.330 e. The van der Waals surface area contributed by atoms with E-state index in [-0.39, 0.29) is 11.2 Å². The van der Waals surface area contributed by atoms with Crippen molar-refractivity contribution in [1.82, 2.24) is 14.0 Å². The van der Waals surface area contributed by atoms with Crippen molar-refractivity contribution in [3.8, 4) is 0 Å². The summed E-state index contributed by atoms with van der Waals surface area (Å²) in [5, 5.41) is 0. The van der Waals surface area contributed by atoms with Crippen LogP contribution in [0.25, 0.3) is 0 Å². The first-order chi connectivity index (χ1) is 11.5. The Morgan fingerprint density at radius 1 is 0.958 bits per heavy atom. The second kappa shape index (κ2) is 6.65. The molecule has 1 saturated heterocycles. The fourth-order valence-corrected chi connectivity index (χ4v) is 3.22. The summed E-state index contributed by atoms with van der Waals surface area (Å²) in [4.78, 5) is 28.6. The van der Waals surface area contributed by atoms with Gasteiger partial charge in [-0.3, -0.25) is 18.8 Å². The highest BCUT2D eigenvalue weighted by Crippen LogP contribution is 2.21. The molecule has 0 unspecified atom stereocenters. The van der Waals surface area contributed by atoms with E-state index in [2.05, 4.69) is 41.0 Å². The fourth-order valence-electron chi connectivity index (χ4n) is 3.22. The lowest BCUT2D eigenvalue weighted by molar-refractivity contribution is 0.243. The number of benzene rings is 1. The number of aromatic nitrogens is 2. The third-order valence-electron chi connectivity index (χ3n) is 4.84. The van der Waals surface area contributed by atoms with E-state index in [0.29, 0.717) is 6.54 Å². The molecule has 0 spiro atoms. The van der Waals surface area contributed by atoms with Crippen molar-refractivity contribution in [3.63, 3.8) is 0 Å². The van der Waals surface area contributed by atoms with Crippen LogP contribution in [0.1, 0.15) is 11.3 Å². The molecule has 24 heavy (non-hydrogen) atoms. The lowest BCUT2D eigenvalue weighted by Crippen LogP contribution is -2.47. The first-order valence-electron chi connectivity index (χ1n) is 8.26. The van der Waals surface area contributed by atoms with Gasteiger partial charge in [-0.15, -0.1) is 0 Å². The topological polar surface area (TPSA) is 50.5 Å². The number of piperazine rings is 1. The Hall–Kier alpha value is -2.34. The van der Waals surface area contributed by atoms with Gasteiger partial charge >= 0.3 is 5.69 Å². The number of para-hydroxylation sites is 1. The number of anilines is 1. The molecular weight excluding hydrogens is 304 g/mol. The van der Waals surface area contributed by atoms with Gasteiger partial charge in [-0.25, -0.2) is 4.79 Å². The van der Waals surface area contributed by atoms with E-state index in [9.17, 15) is 9.59 Å². The molecule has 0 N–H and O–H groups in total. The summed E-state index contributed by atoms with van der Waals surface area (Å²) in [6.07, 6.45) is 0. The van der Waals surface area contributed by atoms with Crippen molar-refractivity contribution >= 4 is 5.69 Å². The molecule has 1 aliphatic rings. The molecule has 6 heteroatoms. The lowest BCUT2D eigenvalue weighted by Gasteiger charge is -2.37. The first kappa shape index (κ1) is 16.5. The molecule has 0 saturated carbocycles. The molecule has 1 fully saturated rings. The summed E-state index contributed by atoms with van der Waals surface area (Å²) in [6, 6.07) is 10.00. The number of aryl methyl sites for hydroxylation is 1. The zero-order chi connectivity index (χ0) is 17.3. The van der Waals surface area contributed by atoms with Crippen LogP contribution in [-0.2, 0) is 20.6 Å². The maximum atomic E-state index is 12.0. The van der Waals surface area contributed by atoms with E-state index in [4.69, 9.17) is 0 Å². The van der Waals surface area contributed by atoms with E-state index in [1.54, 1.807) is 17.7 Å². The van der Waals surface area contributed by atoms with Crippen LogP contribution >= 0.6 is 0 Å². The van der Waals surface area contributed by atoms with Crippen LogP contribution in [0.4, 0.5) is 5.69 Å². The van der Waals surface area contributed by atoms with E-state index in [1.165, 1.54) is 18.3 Å². The van der Waals surface area contributed by atoms with Crippen LogP contribution in [-0.4, -0.2) is 40.2 Å². The minimum Gasteiger partial charge on any atom is -0.369 e. The standard InChI is InChI=1S/C18H24N4O2/c1-14-6-4-5-7-16(14)22-10-8-21(9-11-22)13-15-12-17(23)20(3)18(24)19(15)2/h4-7,12H,8-11,13H2,1-3H3. The van der Waals surface area contributed by atoms with E-state index in [0.717, 1.165) is 36.4 Å². The van der Waals surface area contributed by atoms with E-state index < -0.39 is 0 Å². The average Bonchev–Trinajstić information content (AvgIpc) is 2.59. The number of hydrogen-bond donors (Lipinski definition) is 0. The second-order valence-corrected chi connectivity index (χ2v) is 6.42. The molecule has 2 heterocycles. The Bertz CT molecular complexity index is 845. The van der Waals surface area contributed by atoms with Gasteiger partial charge in [0, 0.05) is 64.3 Å². The van der Waals surface area contributed by atoms with Gasteiger partial charge in [-0.05, 0) is 18.6 Å². The summed E-state index contributed by atoms with van der Waals surface area (Å²) in [5.74, 6) is 0. The lowest BCUT2D eigenvalue weighted by atomic mass is 10.1. The van der Waals surface area contributed by atoms with Crippen LogP contribution < -0.4 is 16.1 Å². The highest BCUT2D eigenvalue weighted by atomic mass is 16.2. The molecule has 128 valence electrons. The summed E-state index contributed by atoms with van der Waals surface area (Å²) < 4.78 is 2.70. The van der Waals surface area contributed by atoms with Crippen LogP contribution in [0.15, 0.2) is 39.9 Å². The van der Waals surface area contributed by atoms with Gasteiger partial charge < -0.3 is 4.90 Å². The van der Waals surface area contributed by atoms with Crippen molar-refractivity contribution in [2.45, 2.75) is 13.5 Å². The Labute approximate surface area is 141 Å². The number of hydrogen-bond acceptors (Lipinski definition) is 4. The van der Waals surface area contributed by atoms with Crippen LogP contribution in [0, 0.1) is 6.92 Å².